The molecule has 0 radical (unpaired) electrons. The largest absolute Gasteiger partial charge is 0.274 e. The highest BCUT2D eigenvalue weighted by Crippen LogP contribution is 2.43. The van der Waals surface area contributed by atoms with E-state index in [0.29, 0.717) is 18.8 Å². The molecule has 0 bridgehead atoms. The Hall–Kier alpha value is -1.37. The van der Waals surface area contributed by atoms with E-state index in [0.717, 1.165) is 12.8 Å². The zero-order valence-electron chi connectivity index (χ0n) is 11.3. The Morgan fingerprint density at radius 1 is 1.28 bits per heavy atom. The predicted octanol–water partition coefficient (Wildman–Crippen LogP) is 2.24. The molecule has 2 aliphatic rings. The molecule has 0 spiro atoms. The molecule has 2 amide bonds. The van der Waals surface area contributed by atoms with Gasteiger partial charge in [0, 0.05) is 6.42 Å². The summed E-state index contributed by atoms with van der Waals surface area (Å²) in [6.45, 7) is 5.71. The number of hydrogen-bond acceptors (Lipinski definition) is 3. The molecule has 2 rings (SSSR count). The lowest BCUT2D eigenvalue weighted by Crippen LogP contribution is -2.53. The fourth-order valence-corrected chi connectivity index (χ4v) is 3.01. The first-order valence-corrected chi connectivity index (χ1v) is 6.61. The van der Waals surface area contributed by atoms with E-state index >= 15 is 0 Å². The van der Waals surface area contributed by atoms with Crippen LogP contribution in [0.25, 0.3) is 0 Å². The zero-order valence-corrected chi connectivity index (χ0v) is 11.3. The maximum Gasteiger partial charge on any atom is 0.236 e. The SMILES string of the molecule is CC1CCC(C#N)(N2C(=O)CC(C)(C)C2=O)CC1. The summed E-state index contributed by atoms with van der Waals surface area (Å²) in [5.74, 6) is 0.219. The van der Waals surface area contributed by atoms with Crippen molar-refractivity contribution in [2.45, 2.75) is 58.4 Å². The van der Waals surface area contributed by atoms with Crippen molar-refractivity contribution >= 4 is 11.8 Å². The van der Waals surface area contributed by atoms with Gasteiger partial charge in [-0.15, -0.1) is 0 Å². The molecule has 1 aliphatic heterocycles. The van der Waals surface area contributed by atoms with Crippen molar-refractivity contribution in [2.75, 3.05) is 0 Å². The third-order valence-electron chi connectivity index (χ3n) is 4.36. The number of amides is 2. The second-order valence-electron chi connectivity index (χ2n) is 6.42. The Kier molecular flexibility index (Phi) is 2.96. The first kappa shape index (κ1) is 13.1. The second-order valence-corrected chi connectivity index (χ2v) is 6.42. The normalized spacial score (nSPS) is 35.7. The van der Waals surface area contributed by atoms with Crippen LogP contribution in [-0.4, -0.2) is 22.3 Å². The van der Waals surface area contributed by atoms with E-state index in [1.807, 2.05) is 0 Å². The number of imide groups is 1. The van der Waals surface area contributed by atoms with Crippen molar-refractivity contribution in [3.05, 3.63) is 0 Å². The van der Waals surface area contributed by atoms with Gasteiger partial charge in [0.25, 0.3) is 0 Å². The van der Waals surface area contributed by atoms with Crippen LogP contribution in [0, 0.1) is 22.7 Å². The maximum atomic E-state index is 12.3. The van der Waals surface area contributed by atoms with Crippen molar-refractivity contribution in [1.29, 1.82) is 5.26 Å². The molecule has 0 unspecified atom stereocenters. The van der Waals surface area contributed by atoms with Crippen LogP contribution in [-0.2, 0) is 9.59 Å². The van der Waals surface area contributed by atoms with Gasteiger partial charge in [0.2, 0.25) is 11.8 Å². The van der Waals surface area contributed by atoms with E-state index < -0.39 is 11.0 Å². The predicted molar refractivity (Wildman–Crippen MR) is 66.2 cm³/mol. The molecule has 0 aromatic rings. The topological polar surface area (TPSA) is 61.2 Å². The Labute approximate surface area is 108 Å². The molecule has 1 saturated carbocycles. The number of likely N-dealkylation sites (tertiary alicyclic amines) is 1. The lowest BCUT2D eigenvalue weighted by molar-refractivity contribution is -0.147. The molecule has 4 heteroatoms. The van der Waals surface area contributed by atoms with Crippen LogP contribution in [0.5, 0.6) is 0 Å². The molecule has 98 valence electrons. The lowest BCUT2D eigenvalue weighted by atomic mass is 9.76. The van der Waals surface area contributed by atoms with Crippen LogP contribution < -0.4 is 0 Å². The van der Waals surface area contributed by atoms with E-state index in [1.165, 1.54) is 4.90 Å². The van der Waals surface area contributed by atoms with Crippen LogP contribution in [0.4, 0.5) is 0 Å². The van der Waals surface area contributed by atoms with Gasteiger partial charge in [-0.25, -0.2) is 0 Å². The van der Waals surface area contributed by atoms with Gasteiger partial charge in [0.15, 0.2) is 0 Å². The summed E-state index contributed by atoms with van der Waals surface area (Å²) in [4.78, 5) is 25.7. The van der Waals surface area contributed by atoms with Crippen molar-refractivity contribution in [3.8, 4) is 6.07 Å². The van der Waals surface area contributed by atoms with E-state index in [4.69, 9.17) is 0 Å². The molecule has 0 atom stereocenters. The molecule has 1 aliphatic carbocycles. The monoisotopic (exact) mass is 248 g/mol. The number of rotatable bonds is 1. The van der Waals surface area contributed by atoms with Gasteiger partial charge in [0.1, 0.15) is 5.54 Å². The van der Waals surface area contributed by atoms with Gasteiger partial charge in [0.05, 0.1) is 11.5 Å². The minimum atomic E-state index is -0.881. The molecular weight excluding hydrogens is 228 g/mol. The fraction of sp³-hybridized carbons (Fsp3) is 0.786. The zero-order chi connectivity index (χ0) is 13.6. The summed E-state index contributed by atoms with van der Waals surface area (Å²) in [5.41, 5.74) is -1.53. The summed E-state index contributed by atoms with van der Waals surface area (Å²) >= 11 is 0. The first-order valence-electron chi connectivity index (χ1n) is 6.61. The quantitative estimate of drug-likeness (QED) is 0.669. The molecule has 1 heterocycles. The van der Waals surface area contributed by atoms with Crippen LogP contribution in [0.2, 0.25) is 0 Å². The number of nitriles is 1. The van der Waals surface area contributed by atoms with Crippen LogP contribution in [0.1, 0.15) is 52.9 Å². The lowest BCUT2D eigenvalue weighted by Gasteiger charge is -2.40. The van der Waals surface area contributed by atoms with Crippen LogP contribution in [0.15, 0.2) is 0 Å². The van der Waals surface area contributed by atoms with Gasteiger partial charge in [-0.3, -0.25) is 14.5 Å². The third-order valence-corrected chi connectivity index (χ3v) is 4.36. The minimum absolute atomic E-state index is 0.177. The standard InChI is InChI=1S/C14H20N2O2/c1-10-4-6-14(9-15,7-5-10)16-11(17)8-13(2,3)12(16)18/h10H,4-8H2,1-3H3. The van der Waals surface area contributed by atoms with Crippen LogP contribution >= 0.6 is 0 Å². The fourth-order valence-electron chi connectivity index (χ4n) is 3.01. The highest BCUT2D eigenvalue weighted by Gasteiger charge is 2.54. The average molecular weight is 248 g/mol. The van der Waals surface area contributed by atoms with Crippen molar-refractivity contribution < 1.29 is 9.59 Å². The summed E-state index contributed by atoms with van der Waals surface area (Å²) in [6.07, 6.45) is 3.29. The smallest absolute Gasteiger partial charge is 0.236 e. The maximum absolute atomic E-state index is 12.3. The highest BCUT2D eigenvalue weighted by atomic mass is 16.2. The van der Waals surface area contributed by atoms with Crippen molar-refractivity contribution in [3.63, 3.8) is 0 Å². The van der Waals surface area contributed by atoms with E-state index in [2.05, 4.69) is 13.0 Å². The van der Waals surface area contributed by atoms with Gasteiger partial charge in [-0.1, -0.05) is 20.8 Å². The van der Waals surface area contributed by atoms with Gasteiger partial charge < -0.3 is 0 Å². The Morgan fingerprint density at radius 3 is 2.22 bits per heavy atom. The molecule has 4 nitrogen and oxygen atoms in total. The summed E-state index contributed by atoms with van der Waals surface area (Å²) in [5, 5.41) is 9.50. The molecular formula is C14H20N2O2. The highest BCUT2D eigenvalue weighted by molar-refractivity contribution is 6.06. The number of nitrogens with zero attached hydrogens (tertiary/aromatic N) is 2. The molecule has 1 saturated heterocycles. The Bertz CT molecular complexity index is 426. The first-order chi connectivity index (χ1) is 8.32. The summed E-state index contributed by atoms with van der Waals surface area (Å²) < 4.78 is 0. The summed E-state index contributed by atoms with van der Waals surface area (Å²) in [7, 11) is 0. The Balaban J connectivity index is 2.32. The van der Waals surface area contributed by atoms with E-state index in [1.54, 1.807) is 13.8 Å². The number of carbonyl (C=O) groups is 2. The number of carbonyl (C=O) groups excluding carboxylic acids is 2. The van der Waals surface area contributed by atoms with Gasteiger partial charge in [-0.05, 0) is 31.6 Å². The molecule has 0 N–H and O–H groups in total. The van der Waals surface area contributed by atoms with Gasteiger partial charge >= 0.3 is 0 Å². The van der Waals surface area contributed by atoms with Crippen LogP contribution in [0.3, 0.4) is 0 Å². The van der Waals surface area contributed by atoms with E-state index in [-0.39, 0.29) is 18.2 Å². The van der Waals surface area contributed by atoms with E-state index in [9.17, 15) is 14.9 Å². The molecule has 0 aromatic carbocycles. The van der Waals surface area contributed by atoms with Crippen molar-refractivity contribution in [2.24, 2.45) is 11.3 Å². The number of hydrogen-bond donors (Lipinski definition) is 0. The molecule has 2 fully saturated rings. The summed E-state index contributed by atoms with van der Waals surface area (Å²) in [6, 6.07) is 2.26. The second kappa shape index (κ2) is 4.08. The minimum Gasteiger partial charge on any atom is -0.274 e. The third kappa shape index (κ3) is 1.82. The Morgan fingerprint density at radius 2 is 1.83 bits per heavy atom. The van der Waals surface area contributed by atoms with Crippen molar-refractivity contribution in [1.82, 2.24) is 4.90 Å². The molecule has 0 aromatic heterocycles. The molecule has 18 heavy (non-hydrogen) atoms. The van der Waals surface area contributed by atoms with Gasteiger partial charge in [-0.2, -0.15) is 5.26 Å². The average Bonchev–Trinajstić information content (AvgIpc) is 2.51.